The topological polar surface area (TPSA) is 64.6 Å². The zero-order chi connectivity index (χ0) is 17.5. The first-order valence-corrected chi connectivity index (χ1v) is 8.27. The normalized spacial score (nSPS) is 19.8. The Hall–Kier alpha value is -2.30. The van der Waals surface area contributed by atoms with Gasteiger partial charge in [0.2, 0.25) is 5.91 Å². The van der Waals surface area contributed by atoms with E-state index in [2.05, 4.69) is 5.32 Å². The molecule has 0 unspecified atom stereocenters. The average molecular weight is 331 g/mol. The Morgan fingerprint density at radius 3 is 2.33 bits per heavy atom. The van der Waals surface area contributed by atoms with Crippen molar-refractivity contribution in [3.63, 3.8) is 0 Å². The first kappa shape index (κ1) is 18.0. The summed E-state index contributed by atoms with van der Waals surface area (Å²) in [7, 11) is 1.61. The summed E-state index contributed by atoms with van der Waals surface area (Å²) in [5.41, 5.74) is 0.983. The van der Waals surface area contributed by atoms with Gasteiger partial charge in [-0.15, -0.1) is 0 Å². The van der Waals surface area contributed by atoms with Gasteiger partial charge in [-0.2, -0.15) is 0 Å². The van der Waals surface area contributed by atoms with Crippen molar-refractivity contribution in [3.8, 4) is 5.75 Å². The lowest BCUT2D eigenvalue weighted by Crippen LogP contribution is -2.39. The van der Waals surface area contributed by atoms with Gasteiger partial charge < -0.3 is 14.8 Å². The standard InChI is InChI=1S/C19H25NO4/c1-13(2)24-19(22)17-7-5-4-6-16(17)18(21)20-12-14-8-10-15(23-3)11-9-14/h4-5,8-11,13,16-17H,6-7,12H2,1-3H3,(H,20,21)/t16-,17-/m0/s1. The van der Waals surface area contributed by atoms with E-state index in [1.807, 2.05) is 50.3 Å². The Labute approximate surface area is 143 Å². The van der Waals surface area contributed by atoms with Crippen molar-refractivity contribution in [2.45, 2.75) is 39.3 Å². The molecule has 2 rings (SSSR count). The van der Waals surface area contributed by atoms with E-state index in [4.69, 9.17) is 9.47 Å². The summed E-state index contributed by atoms with van der Waals surface area (Å²) in [5.74, 6) is -0.411. The monoisotopic (exact) mass is 331 g/mol. The number of allylic oxidation sites excluding steroid dienone is 2. The van der Waals surface area contributed by atoms with Gasteiger partial charge in [-0.25, -0.2) is 0 Å². The molecule has 1 amide bonds. The van der Waals surface area contributed by atoms with Crippen LogP contribution in [0, 0.1) is 11.8 Å². The molecule has 0 bridgehead atoms. The molecule has 0 spiro atoms. The Balaban J connectivity index is 1.95. The van der Waals surface area contributed by atoms with Crippen LogP contribution in [0.2, 0.25) is 0 Å². The number of ether oxygens (including phenoxy) is 2. The number of nitrogens with one attached hydrogen (secondary N) is 1. The fourth-order valence-corrected chi connectivity index (χ4v) is 2.75. The molecule has 0 saturated carbocycles. The largest absolute Gasteiger partial charge is 0.497 e. The first-order valence-electron chi connectivity index (χ1n) is 8.27. The predicted molar refractivity (Wildman–Crippen MR) is 91.4 cm³/mol. The van der Waals surface area contributed by atoms with Gasteiger partial charge in [0.25, 0.3) is 0 Å². The molecule has 1 aliphatic carbocycles. The Morgan fingerprint density at radius 1 is 1.12 bits per heavy atom. The zero-order valence-electron chi connectivity index (χ0n) is 14.5. The molecule has 0 radical (unpaired) electrons. The van der Waals surface area contributed by atoms with Gasteiger partial charge >= 0.3 is 5.97 Å². The van der Waals surface area contributed by atoms with Gasteiger partial charge in [0.1, 0.15) is 5.75 Å². The minimum atomic E-state index is -0.409. The summed E-state index contributed by atoms with van der Waals surface area (Å²) in [5, 5.41) is 2.92. The molecule has 24 heavy (non-hydrogen) atoms. The van der Waals surface area contributed by atoms with Crippen LogP contribution in [0.5, 0.6) is 5.75 Å². The number of rotatable bonds is 6. The third-order valence-electron chi connectivity index (χ3n) is 4.05. The molecule has 0 aliphatic heterocycles. The minimum absolute atomic E-state index is 0.110. The number of methoxy groups -OCH3 is 1. The van der Waals surface area contributed by atoms with Crippen molar-refractivity contribution in [1.29, 1.82) is 0 Å². The fourth-order valence-electron chi connectivity index (χ4n) is 2.75. The molecule has 1 aromatic carbocycles. The number of amides is 1. The van der Waals surface area contributed by atoms with Crippen LogP contribution in [0.4, 0.5) is 0 Å². The van der Waals surface area contributed by atoms with Gasteiger partial charge in [-0.05, 0) is 44.4 Å². The van der Waals surface area contributed by atoms with Gasteiger partial charge in [0, 0.05) is 6.54 Å². The van der Waals surface area contributed by atoms with E-state index in [0.717, 1.165) is 11.3 Å². The van der Waals surface area contributed by atoms with E-state index < -0.39 is 5.92 Å². The highest BCUT2D eigenvalue weighted by atomic mass is 16.5. The van der Waals surface area contributed by atoms with Gasteiger partial charge in [-0.3, -0.25) is 9.59 Å². The van der Waals surface area contributed by atoms with Crippen LogP contribution < -0.4 is 10.1 Å². The van der Waals surface area contributed by atoms with Crippen molar-refractivity contribution in [2.75, 3.05) is 7.11 Å². The second kappa shape index (κ2) is 8.52. The Morgan fingerprint density at radius 2 is 1.75 bits per heavy atom. The van der Waals surface area contributed by atoms with Gasteiger partial charge in [-0.1, -0.05) is 24.3 Å². The Kier molecular flexibility index (Phi) is 6.41. The van der Waals surface area contributed by atoms with E-state index in [9.17, 15) is 9.59 Å². The smallest absolute Gasteiger partial charge is 0.310 e. The highest BCUT2D eigenvalue weighted by Crippen LogP contribution is 2.27. The quantitative estimate of drug-likeness (QED) is 0.643. The average Bonchev–Trinajstić information content (AvgIpc) is 2.59. The van der Waals surface area contributed by atoms with E-state index in [1.54, 1.807) is 7.11 Å². The molecule has 0 fully saturated rings. The lowest BCUT2D eigenvalue weighted by atomic mass is 9.82. The first-order chi connectivity index (χ1) is 11.5. The van der Waals surface area contributed by atoms with Crippen molar-refractivity contribution in [1.82, 2.24) is 5.32 Å². The molecule has 5 heteroatoms. The van der Waals surface area contributed by atoms with E-state index >= 15 is 0 Å². The number of benzene rings is 1. The SMILES string of the molecule is COc1ccc(CNC(=O)[C@H]2CC=CC[C@@H]2C(=O)OC(C)C)cc1. The maximum atomic E-state index is 12.5. The van der Waals surface area contributed by atoms with Crippen molar-refractivity contribution in [2.24, 2.45) is 11.8 Å². The molecule has 1 aliphatic rings. The Bertz CT molecular complexity index is 592. The number of hydrogen-bond acceptors (Lipinski definition) is 4. The number of carbonyl (C=O) groups is 2. The van der Waals surface area contributed by atoms with Crippen LogP contribution in [0.3, 0.4) is 0 Å². The minimum Gasteiger partial charge on any atom is -0.497 e. The third kappa shape index (κ3) is 4.85. The summed E-state index contributed by atoms with van der Waals surface area (Å²) in [6, 6.07) is 7.52. The summed E-state index contributed by atoms with van der Waals surface area (Å²) >= 11 is 0. The van der Waals surface area contributed by atoms with Crippen LogP contribution >= 0.6 is 0 Å². The van der Waals surface area contributed by atoms with Crippen LogP contribution in [-0.2, 0) is 20.9 Å². The zero-order valence-corrected chi connectivity index (χ0v) is 14.5. The fraction of sp³-hybridized carbons (Fsp3) is 0.474. The van der Waals surface area contributed by atoms with Crippen molar-refractivity contribution >= 4 is 11.9 Å². The predicted octanol–water partition coefficient (Wildman–Crippen LogP) is 2.85. The molecule has 0 aromatic heterocycles. The van der Waals surface area contributed by atoms with E-state index in [0.29, 0.717) is 19.4 Å². The lowest BCUT2D eigenvalue weighted by Gasteiger charge is -2.26. The van der Waals surface area contributed by atoms with Gasteiger partial charge in [0.05, 0.1) is 25.0 Å². The second-order valence-corrected chi connectivity index (χ2v) is 6.21. The number of carbonyl (C=O) groups excluding carboxylic acids is 2. The molecule has 1 N–H and O–H groups in total. The molecule has 1 aromatic rings. The van der Waals surface area contributed by atoms with Gasteiger partial charge in [0.15, 0.2) is 0 Å². The van der Waals surface area contributed by atoms with Crippen LogP contribution in [0.1, 0.15) is 32.3 Å². The molecular formula is C19H25NO4. The number of hydrogen-bond donors (Lipinski definition) is 1. The van der Waals surface area contributed by atoms with Crippen LogP contribution in [0.15, 0.2) is 36.4 Å². The summed E-state index contributed by atoms with van der Waals surface area (Å²) in [6.07, 6.45) is 4.83. The van der Waals surface area contributed by atoms with Crippen LogP contribution in [-0.4, -0.2) is 25.1 Å². The van der Waals surface area contributed by atoms with Crippen molar-refractivity contribution in [3.05, 3.63) is 42.0 Å². The summed E-state index contributed by atoms with van der Waals surface area (Å²) in [4.78, 5) is 24.7. The number of esters is 1. The molecule has 5 nitrogen and oxygen atoms in total. The maximum Gasteiger partial charge on any atom is 0.310 e. The molecule has 0 saturated heterocycles. The molecule has 0 heterocycles. The summed E-state index contributed by atoms with van der Waals surface area (Å²) in [6.45, 7) is 4.06. The highest BCUT2D eigenvalue weighted by Gasteiger charge is 2.35. The summed E-state index contributed by atoms with van der Waals surface area (Å²) < 4.78 is 10.4. The maximum absolute atomic E-state index is 12.5. The molecular weight excluding hydrogens is 306 g/mol. The van der Waals surface area contributed by atoms with E-state index in [1.165, 1.54) is 0 Å². The highest BCUT2D eigenvalue weighted by molar-refractivity contribution is 5.86. The molecule has 2 atom stereocenters. The lowest BCUT2D eigenvalue weighted by molar-refractivity contribution is -0.156. The third-order valence-corrected chi connectivity index (χ3v) is 4.05. The second-order valence-electron chi connectivity index (χ2n) is 6.21. The van der Waals surface area contributed by atoms with Crippen molar-refractivity contribution < 1.29 is 19.1 Å². The molecule has 130 valence electrons. The van der Waals surface area contributed by atoms with E-state index in [-0.39, 0.29) is 23.9 Å². The van der Waals surface area contributed by atoms with Crippen LogP contribution in [0.25, 0.3) is 0 Å².